The number of benzene rings is 2. The second-order valence-corrected chi connectivity index (χ2v) is 5.54. The normalized spacial score (nSPS) is 10.5. The van der Waals surface area contributed by atoms with Gasteiger partial charge in [-0.1, -0.05) is 15.9 Å². The van der Waals surface area contributed by atoms with E-state index in [1.165, 1.54) is 12.1 Å². The van der Waals surface area contributed by atoms with Crippen molar-refractivity contribution in [3.8, 4) is 5.75 Å². The van der Waals surface area contributed by atoms with Crippen molar-refractivity contribution < 1.29 is 9.13 Å². The average molecular weight is 382 g/mol. The number of rotatable bonds is 4. The fourth-order valence-electron chi connectivity index (χ4n) is 1.66. The van der Waals surface area contributed by atoms with Crippen LogP contribution in [0.25, 0.3) is 0 Å². The summed E-state index contributed by atoms with van der Waals surface area (Å²) in [4.78, 5) is 0. The van der Waals surface area contributed by atoms with Crippen LogP contribution in [0.5, 0.6) is 5.75 Å². The lowest BCUT2D eigenvalue weighted by Crippen LogP contribution is -2.23. The molecular weight excluding hydrogens is 369 g/mol. The molecule has 0 aliphatic rings. The van der Waals surface area contributed by atoms with Crippen molar-refractivity contribution >= 4 is 45.2 Å². The zero-order valence-electron chi connectivity index (χ0n) is 11.6. The predicted octanol–water partition coefficient (Wildman–Crippen LogP) is 3.92. The van der Waals surface area contributed by atoms with Crippen LogP contribution in [0.15, 0.2) is 52.0 Å². The maximum atomic E-state index is 12.8. The molecule has 2 rings (SSSR count). The number of thiocarbonyl (C=S) groups is 1. The van der Waals surface area contributed by atoms with Crippen molar-refractivity contribution in [2.24, 2.45) is 5.10 Å². The van der Waals surface area contributed by atoms with Crippen LogP contribution in [0, 0.1) is 5.82 Å². The van der Waals surface area contributed by atoms with Crippen molar-refractivity contribution in [1.82, 2.24) is 5.43 Å². The molecule has 0 saturated heterocycles. The van der Waals surface area contributed by atoms with E-state index in [0.29, 0.717) is 16.5 Å². The minimum absolute atomic E-state index is 0.302. The minimum atomic E-state index is -0.302. The highest BCUT2D eigenvalue weighted by Gasteiger charge is 2.01. The summed E-state index contributed by atoms with van der Waals surface area (Å²) in [6, 6.07) is 11.5. The van der Waals surface area contributed by atoms with Gasteiger partial charge in [0.15, 0.2) is 5.11 Å². The zero-order valence-corrected chi connectivity index (χ0v) is 14.0. The fraction of sp³-hybridized carbons (Fsp3) is 0.0667. The SMILES string of the molecule is COc1ccc(Br)cc1/C=N\NC(=S)Nc1ccc(F)cc1. The predicted molar refractivity (Wildman–Crippen MR) is 94.0 cm³/mol. The van der Waals surface area contributed by atoms with Crippen molar-refractivity contribution in [3.63, 3.8) is 0 Å². The van der Waals surface area contributed by atoms with E-state index in [9.17, 15) is 4.39 Å². The first-order valence-electron chi connectivity index (χ1n) is 6.27. The molecule has 0 bridgehead atoms. The van der Waals surface area contributed by atoms with E-state index >= 15 is 0 Å². The molecule has 0 saturated carbocycles. The Morgan fingerprint density at radius 3 is 2.68 bits per heavy atom. The van der Waals surface area contributed by atoms with Gasteiger partial charge in [-0.05, 0) is 54.7 Å². The minimum Gasteiger partial charge on any atom is -0.496 e. The first kappa shape index (κ1) is 16.4. The van der Waals surface area contributed by atoms with E-state index in [4.69, 9.17) is 17.0 Å². The first-order valence-corrected chi connectivity index (χ1v) is 7.48. The van der Waals surface area contributed by atoms with Gasteiger partial charge < -0.3 is 10.1 Å². The van der Waals surface area contributed by atoms with E-state index in [1.807, 2.05) is 18.2 Å². The Morgan fingerprint density at radius 1 is 1.27 bits per heavy atom. The highest BCUT2D eigenvalue weighted by Crippen LogP contribution is 2.21. The number of nitrogens with zero attached hydrogens (tertiary/aromatic N) is 1. The standard InChI is InChI=1S/C15H13BrFN3OS/c1-21-14-7-2-11(16)8-10(14)9-18-20-15(22)19-13-5-3-12(17)4-6-13/h2-9H,1H3,(H2,19,20,22)/b18-9-. The molecule has 114 valence electrons. The summed E-state index contributed by atoms with van der Waals surface area (Å²) in [5.74, 6) is 0.398. The van der Waals surface area contributed by atoms with Crippen LogP contribution in [0.2, 0.25) is 0 Å². The lowest BCUT2D eigenvalue weighted by atomic mass is 10.2. The van der Waals surface area contributed by atoms with Gasteiger partial charge in [-0.3, -0.25) is 5.43 Å². The van der Waals surface area contributed by atoms with Gasteiger partial charge in [0.05, 0.1) is 13.3 Å². The Morgan fingerprint density at radius 2 is 2.00 bits per heavy atom. The van der Waals surface area contributed by atoms with E-state index in [-0.39, 0.29) is 5.82 Å². The summed E-state index contributed by atoms with van der Waals surface area (Å²) in [5.41, 5.74) is 4.17. The molecule has 0 aliphatic heterocycles. The number of hydrogen-bond donors (Lipinski definition) is 2. The van der Waals surface area contributed by atoms with Gasteiger partial charge in [0.1, 0.15) is 11.6 Å². The molecule has 0 heterocycles. The topological polar surface area (TPSA) is 45.6 Å². The fourth-order valence-corrected chi connectivity index (χ4v) is 2.21. The Bertz CT molecular complexity index is 692. The molecule has 0 spiro atoms. The summed E-state index contributed by atoms with van der Waals surface area (Å²) >= 11 is 8.49. The highest BCUT2D eigenvalue weighted by molar-refractivity contribution is 9.10. The number of hydrogen-bond acceptors (Lipinski definition) is 3. The largest absolute Gasteiger partial charge is 0.496 e. The van der Waals surface area contributed by atoms with Crippen LogP contribution in [0.4, 0.5) is 10.1 Å². The van der Waals surface area contributed by atoms with Gasteiger partial charge >= 0.3 is 0 Å². The molecule has 7 heteroatoms. The molecule has 2 N–H and O–H groups in total. The molecule has 22 heavy (non-hydrogen) atoms. The Labute approximate surface area is 141 Å². The molecule has 0 unspecified atom stereocenters. The van der Waals surface area contributed by atoms with E-state index in [1.54, 1.807) is 25.5 Å². The van der Waals surface area contributed by atoms with E-state index < -0.39 is 0 Å². The van der Waals surface area contributed by atoms with Crippen LogP contribution >= 0.6 is 28.1 Å². The Hall–Kier alpha value is -1.99. The number of ether oxygens (including phenoxy) is 1. The highest BCUT2D eigenvalue weighted by atomic mass is 79.9. The Balaban J connectivity index is 1.96. The molecule has 0 amide bonds. The van der Waals surface area contributed by atoms with Gasteiger partial charge in [0.2, 0.25) is 0 Å². The first-order chi connectivity index (χ1) is 10.6. The third-order valence-electron chi connectivity index (χ3n) is 2.66. The van der Waals surface area contributed by atoms with Crippen LogP contribution in [0.3, 0.4) is 0 Å². The van der Waals surface area contributed by atoms with Gasteiger partial charge in [0.25, 0.3) is 0 Å². The van der Waals surface area contributed by atoms with Gasteiger partial charge in [0, 0.05) is 15.7 Å². The van der Waals surface area contributed by atoms with E-state index in [0.717, 1.165) is 10.0 Å². The summed E-state index contributed by atoms with van der Waals surface area (Å²) in [5, 5.41) is 7.25. The second-order valence-electron chi connectivity index (χ2n) is 4.22. The number of anilines is 1. The maximum absolute atomic E-state index is 12.8. The molecular formula is C15H13BrFN3OS. The quantitative estimate of drug-likeness (QED) is 0.478. The van der Waals surface area contributed by atoms with Crippen molar-refractivity contribution in [2.75, 3.05) is 12.4 Å². The van der Waals surface area contributed by atoms with Gasteiger partial charge in [-0.15, -0.1) is 0 Å². The molecule has 0 radical (unpaired) electrons. The molecule has 2 aromatic rings. The number of methoxy groups -OCH3 is 1. The number of hydrazone groups is 1. The van der Waals surface area contributed by atoms with Crippen molar-refractivity contribution in [2.45, 2.75) is 0 Å². The van der Waals surface area contributed by atoms with Gasteiger partial charge in [-0.2, -0.15) is 5.10 Å². The molecule has 4 nitrogen and oxygen atoms in total. The summed E-state index contributed by atoms with van der Waals surface area (Å²) in [6.45, 7) is 0. The monoisotopic (exact) mass is 381 g/mol. The van der Waals surface area contributed by atoms with Crippen molar-refractivity contribution in [1.29, 1.82) is 0 Å². The van der Waals surface area contributed by atoms with Crippen LogP contribution < -0.4 is 15.5 Å². The molecule has 0 aromatic heterocycles. The third-order valence-corrected chi connectivity index (χ3v) is 3.35. The lowest BCUT2D eigenvalue weighted by molar-refractivity contribution is 0.414. The third kappa shape index (κ3) is 4.78. The van der Waals surface area contributed by atoms with E-state index in [2.05, 4.69) is 31.8 Å². The maximum Gasteiger partial charge on any atom is 0.191 e. The van der Waals surface area contributed by atoms with Crippen molar-refractivity contribution in [3.05, 3.63) is 58.3 Å². The smallest absolute Gasteiger partial charge is 0.191 e. The molecule has 0 atom stereocenters. The number of nitrogens with one attached hydrogen (secondary N) is 2. The molecule has 0 fully saturated rings. The summed E-state index contributed by atoms with van der Waals surface area (Å²) in [7, 11) is 1.59. The number of halogens is 2. The summed E-state index contributed by atoms with van der Waals surface area (Å²) < 4.78 is 19.0. The van der Waals surface area contributed by atoms with Crippen LogP contribution in [0.1, 0.15) is 5.56 Å². The Kier molecular flexibility index (Phi) is 5.85. The second kappa shape index (κ2) is 7.86. The molecule has 0 aliphatic carbocycles. The lowest BCUT2D eigenvalue weighted by Gasteiger charge is -2.07. The van der Waals surface area contributed by atoms with Crippen LogP contribution in [-0.4, -0.2) is 18.4 Å². The summed E-state index contributed by atoms with van der Waals surface area (Å²) in [6.07, 6.45) is 1.60. The van der Waals surface area contributed by atoms with Gasteiger partial charge in [-0.25, -0.2) is 4.39 Å². The molecule has 2 aromatic carbocycles. The average Bonchev–Trinajstić information content (AvgIpc) is 2.50. The van der Waals surface area contributed by atoms with Crippen LogP contribution in [-0.2, 0) is 0 Å². The zero-order chi connectivity index (χ0) is 15.9.